The van der Waals surface area contributed by atoms with Crippen molar-refractivity contribution in [2.75, 3.05) is 6.54 Å². The number of hydrogen-bond donors (Lipinski definition) is 1. The third-order valence-corrected chi connectivity index (χ3v) is 7.41. The van der Waals surface area contributed by atoms with Gasteiger partial charge in [0.05, 0.1) is 12.0 Å². The van der Waals surface area contributed by atoms with Crippen LogP contribution >= 0.6 is 22.7 Å². The third kappa shape index (κ3) is 3.13. The lowest BCUT2D eigenvalue weighted by molar-refractivity contribution is -0.146. The van der Waals surface area contributed by atoms with Gasteiger partial charge in [-0.15, -0.1) is 22.7 Å². The SMILES string of the molecule is O=C(O)C1CCC(C(=O)N2CCc3sccc3C2c2cccs2)CC1. The van der Waals surface area contributed by atoms with Crippen LogP contribution in [0.15, 0.2) is 29.0 Å². The molecule has 1 saturated carbocycles. The second kappa shape index (κ2) is 6.92. The van der Waals surface area contributed by atoms with Crippen LogP contribution in [0.4, 0.5) is 0 Å². The molecule has 1 N–H and O–H groups in total. The van der Waals surface area contributed by atoms with Crippen molar-refractivity contribution in [2.24, 2.45) is 11.8 Å². The van der Waals surface area contributed by atoms with Gasteiger partial charge in [0, 0.05) is 22.2 Å². The molecule has 0 saturated heterocycles. The molecule has 25 heavy (non-hydrogen) atoms. The van der Waals surface area contributed by atoms with Crippen LogP contribution in [0.25, 0.3) is 0 Å². The van der Waals surface area contributed by atoms with Crippen LogP contribution in [0.5, 0.6) is 0 Å². The van der Waals surface area contributed by atoms with Crippen LogP contribution in [0, 0.1) is 11.8 Å². The van der Waals surface area contributed by atoms with Gasteiger partial charge >= 0.3 is 5.97 Å². The van der Waals surface area contributed by atoms with E-state index >= 15 is 0 Å². The number of fused-ring (bicyclic) bond motifs is 1. The molecule has 6 heteroatoms. The van der Waals surface area contributed by atoms with Crippen LogP contribution in [0.3, 0.4) is 0 Å². The number of carbonyl (C=O) groups is 2. The number of carboxylic acids is 1. The van der Waals surface area contributed by atoms with E-state index in [0.717, 1.165) is 13.0 Å². The third-order valence-electron chi connectivity index (χ3n) is 5.49. The summed E-state index contributed by atoms with van der Waals surface area (Å²) < 4.78 is 0. The monoisotopic (exact) mass is 375 g/mol. The van der Waals surface area contributed by atoms with E-state index in [2.05, 4.69) is 22.9 Å². The normalized spacial score (nSPS) is 26.2. The molecule has 1 aliphatic heterocycles. The minimum atomic E-state index is -0.719. The number of rotatable bonds is 3. The molecule has 2 aromatic rings. The number of carbonyl (C=O) groups excluding carboxylic acids is 1. The largest absolute Gasteiger partial charge is 0.481 e. The summed E-state index contributed by atoms with van der Waals surface area (Å²) in [6, 6.07) is 6.34. The van der Waals surface area contributed by atoms with E-state index in [0.29, 0.717) is 25.7 Å². The van der Waals surface area contributed by atoms with Crippen molar-refractivity contribution >= 4 is 34.6 Å². The van der Waals surface area contributed by atoms with Crippen LogP contribution in [0.2, 0.25) is 0 Å². The number of aliphatic carboxylic acids is 1. The van der Waals surface area contributed by atoms with Crippen molar-refractivity contribution in [3.63, 3.8) is 0 Å². The smallest absolute Gasteiger partial charge is 0.306 e. The number of thiophene rings is 2. The Kier molecular flexibility index (Phi) is 4.65. The first-order valence-corrected chi connectivity index (χ1v) is 10.5. The van der Waals surface area contributed by atoms with Gasteiger partial charge in [-0.2, -0.15) is 0 Å². The van der Waals surface area contributed by atoms with Gasteiger partial charge in [-0.25, -0.2) is 0 Å². The average molecular weight is 376 g/mol. The molecule has 0 bridgehead atoms. The molecule has 4 rings (SSSR count). The van der Waals surface area contributed by atoms with E-state index in [1.165, 1.54) is 15.3 Å². The Labute approximate surface area is 155 Å². The summed E-state index contributed by atoms with van der Waals surface area (Å²) in [5.74, 6) is -0.817. The van der Waals surface area contributed by atoms with Crippen LogP contribution in [0.1, 0.15) is 47.0 Å². The first kappa shape index (κ1) is 16.8. The van der Waals surface area contributed by atoms with Crippen molar-refractivity contribution in [1.29, 1.82) is 0 Å². The van der Waals surface area contributed by atoms with E-state index in [9.17, 15) is 14.7 Å². The van der Waals surface area contributed by atoms with E-state index < -0.39 is 5.97 Å². The van der Waals surface area contributed by atoms with Crippen molar-refractivity contribution < 1.29 is 14.7 Å². The van der Waals surface area contributed by atoms with Gasteiger partial charge in [0.15, 0.2) is 0 Å². The predicted molar refractivity (Wildman–Crippen MR) is 99.0 cm³/mol. The molecule has 4 nitrogen and oxygen atoms in total. The molecule has 1 unspecified atom stereocenters. The lowest BCUT2D eigenvalue weighted by Crippen LogP contribution is -2.44. The molecule has 132 valence electrons. The highest BCUT2D eigenvalue weighted by atomic mass is 32.1. The second-order valence-electron chi connectivity index (χ2n) is 6.89. The first-order valence-electron chi connectivity index (χ1n) is 8.78. The summed E-state index contributed by atoms with van der Waals surface area (Å²) in [6.45, 7) is 0.758. The Morgan fingerprint density at radius 3 is 2.48 bits per heavy atom. The molecule has 0 spiro atoms. The standard InChI is InChI=1S/C19H21NO3S2/c21-18(12-3-5-13(6-4-12)19(22)23)20-9-7-15-14(8-11-25-15)17(20)16-2-1-10-24-16/h1-2,8,10-13,17H,3-7,9H2,(H,22,23). The molecule has 3 heterocycles. The second-order valence-corrected chi connectivity index (χ2v) is 8.87. The maximum atomic E-state index is 13.3. The molecule has 1 amide bonds. The summed E-state index contributed by atoms with van der Waals surface area (Å²) in [4.78, 5) is 29.1. The summed E-state index contributed by atoms with van der Waals surface area (Å²) in [5.41, 5.74) is 1.27. The molecular weight excluding hydrogens is 354 g/mol. The molecule has 2 aromatic heterocycles. The topological polar surface area (TPSA) is 57.6 Å². The van der Waals surface area contributed by atoms with Crippen molar-refractivity contribution in [3.05, 3.63) is 44.3 Å². The van der Waals surface area contributed by atoms with Gasteiger partial charge in [-0.1, -0.05) is 6.07 Å². The number of hydrogen-bond acceptors (Lipinski definition) is 4. The summed E-state index contributed by atoms with van der Waals surface area (Å²) in [6.07, 6.45) is 3.55. The van der Waals surface area contributed by atoms with Gasteiger partial charge in [-0.05, 0) is 60.6 Å². The van der Waals surface area contributed by atoms with Gasteiger partial charge in [0.2, 0.25) is 5.91 Å². The summed E-state index contributed by atoms with van der Waals surface area (Å²) in [7, 11) is 0. The van der Waals surface area contributed by atoms with Crippen molar-refractivity contribution in [3.8, 4) is 0 Å². The average Bonchev–Trinajstić information content (AvgIpc) is 3.31. The fourth-order valence-electron chi connectivity index (χ4n) is 4.13. The highest BCUT2D eigenvalue weighted by Crippen LogP contribution is 2.41. The molecule has 1 fully saturated rings. The zero-order chi connectivity index (χ0) is 17.4. The fraction of sp³-hybridized carbons (Fsp3) is 0.474. The molecule has 0 aromatic carbocycles. The molecule has 0 radical (unpaired) electrons. The van der Waals surface area contributed by atoms with Crippen molar-refractivity contribution in [2.45, 2.75) is 38.1 Å². The quantitative estimate of drug-likeness (QED) is 0.876. The Morgan fingerprint density at radius 1 is 1.04 bits per heavy atom. The Morgan fingerprint density at radius 2 is 1.80 bits per heavy atom. The highest BCUT2D eigenvalue weighted by Gasteiger charge is 2.38. The number of amides is 1. The Bertz CT molecular complexity index is 759. The van der Waals surface area contributed by atoms with Crippen molar-refractivity contribution in [1.82, 2.24) is 4.90 Å². The van der Waals surface area contributed by atoms with E-state index in [1.54, 1.807) is 22.7 Å². The van der Waals surface area contributed by atoms with E-state index in [1.807, 2.05) is 11.0 Å². The molecular formula is C19H21NO3S2. The number of carboxylic acid groups (broad SMARTS) is 1. The van der Waals surface area contributed by atoms with Gasteiger partial charge in [0.25, 0.3) is 0 Å². The Balaban J connectivity index is 1.57. The van der Waals surface area contributed by atoms with Gasteiger partial charge in [0.1, 0.15) is 0 Å². The maximum Gasteiger partial charge on any atom is 0.306 e. The van der Waals surface area contributed by atoms with Crippen LogP contribution < -0.4 is 0 Å². The maximum absolute atomic E-state index is 13.3. The first-order chi connectivity index (χ1) is 12.1. The summed E-state index contributed by atoms with van der Waals surface area (Å²) >= 11 is 3.48. The van der Waals surface area contributed by atoms with Crippen LogP contribution in [-0.4, -0.2) is 28.4 Å². The zero-order valence-electron chi connectivity index (χ0n) is 13.9. The lowest BCUT2D eigenvalue weighted by Gasteiger charge is -2.38. The van der Waals surface area contributed by atoms with Gasteiger partial charge < -0.3 is 10.0 Å². The molecule has 2 aliphatic rings. The van der Waals surface area contributed by atoms with Crippen LogP contribution in [-0.2, 0) is 16.0 Å². The highest BCUT2D eigenvalue weighted by molar-refractivity contribution is 7.10. The van der Waals surface area contributed by atoms with E-state index in [4.69, 9.17) is 0 Å². The van der Waals surface area contributed by atoms with E-state index in [-0.39, 0.29) is 23.8 Å². The van der Waals surface area contributed by atoms with Gasteiger partial charge in [-0.3, -0.25) is 9.59 Å². The Hall–Kier alpha value is -1.66. The summed E-state index contributed by atoms with van der Waals surface area (Å²) in [5, 5.41) is 13.4. The zero-order valence-corrected chi connectivity index (χ0v) is 15.5. The molecule has 1 atom stereocenters. The predicted octanol–water partition coefficient (Wildman–Crippen LogP) is 4.17. The fourth-order valence-corrected chi connectivity index (χ4v) is 5.89. The minimum Gasteiger partial charge on any atom is -0.481 e. The lowest BCUT2D eigenvalue weighted by atomic mass is 9.81. The minimum absolute atomic E-state index is 0.0275. The molecule has 1 aliphatic carbocycles. The number of nitrogens with zero attached hydrogens (tertiary/aromatic N) is 1.